The molecule has 3 atom stereocenters. The van der Waals surface area contributed by atoms with Gasteiger partial charge in [-0.1, -0.05) is 42.3 Å². The van der Waals surface area contributed by atoms with Crippen LogP contribution in [-0.2, 0) is 14.2 Å². The monoisotopic (exact) mass is 366 g/mol. The summed E-state index contributed by atoms with van der Waals surface area (Å²) in [5, 5.41) is 10.5. The van der Waals surface area contributed by atoms with Gasteiger partial charge in [0, 0.05) is 0 Å². The molecule has 6 nitrogen and oxygen atoms in total. The standard InChI is InChI=1S/C21H18O6/c1-2-21(24)14-26-17(13-25-19(22)15-9-5-3-6-10-15)18(21)27-20(23)16-11-7-4-8-12-16/h1,3-12,17-18,24H,13-14H2/t17-,18-,21+/m1/s1. The van der Waals surface area contributed by atoms with Crippen LogP contribution in [-0.4, -0.2) is 48.1 Å². The first-order chi connectivity index (χ1) is 13.0. The van der Waals surface area contributed by atoms with Crippen molar-refractivity contribution in [3.8, 4) is 12.3 Å². The summed E-state index contributed by atoms with van der Waals surface area (Å²) < 4.78 is 16.1. The minimum atomic E-state index is -1.80. The zero-order valence-electron chi connectivity index (χ0n) is 14.4. The summed E-state index contributed by atoms with van der Waals surface area (Å²) in [5.74, 6) is 1.00. The van der Waals surface area contributed by atoms with Crippen molar-refractivity contribution < 1.29 is 28.9 Å². The van der Waals surface area contributed by atoms with Crippen LogP contribution in [0.5, 0.6) is 0 Å². The zero-order valence-corrected chi connectivity index (χ0v) is 14.4. The molecule has 1 fully saturated rings. The lowest BCUT2D eigenvalue weighted by Crippen LogP contribution is -2.47. The molecule has 1 saturated heterocycles. The molecule has 0 radical (unpaired) electrons. The van der Waals surface area contributed by atoms with Gasteiger partial charge in [-0.15, -0.1) is 6.42 Å². The Morgan fingerprint density at radius 2 is 1.63 bits per heavy atom. The maximum atomic E-state index is 12.3. The highest BCUT2D eigenvalue weighted by Crippen LogP contribution is 2.28. The largest absolute Gasteiger partial charge is 0.459 e. The van der Waals surface area contributed by atoms with Gasteiger partial charge in [-0.2, -0.15) is 0 Å². The van der Waals surface area contributed by atoms with E-state index in [-0.39, 0.29) is 13.2 Å². The van der Waals surface area contributed by atoms with Crippen molar-refractivity contribution in [1.82, 2.24) is 0 Å². The number of rotatable bonds is 5. The number of hydrogen-bond acceptors (Lipinski definition) is 6. The molecule has 1 heterocycles. The Kier molecular flexibility index (Phi) is 5.55. The van der Waals surface area contributed by atoms with E-state index in [2.05, 4.69) is 5.92 Å². The Balaban J connectivity index is 1.69. The summed E-state index contributed by atoms with van der Waals surface area (Å²) in [6.45, 7) is -0.450. The highest BCUT2D eigenvalue weighted by atomic mass is 16.6. The molecule has 1 N–H and O–H groups in total. The first-order valence-electron chi connectivity index (χ1n) is 8.33. The molecule has 2 aromatic carbocycles. The molecule has 2 aromatic rings. The molecule has 0 aliphatic carbocycles. The summed E-state index contributed by atoms with van der Waals surface area (Å²) in [5.41, 5.74) is -1.11. The van der Waals surface area contributed by atoms with Gasteiger partial charge in [0.15, 0.2) is 11.7 Å². The molecule has 0 aromatic heterocycles. The van der Waals surface area contributed by atoms with Crippen LogP contribution in [0.25, 0.3) is 0 Å². The average molecular weight is 366 g/mol. The number of esters is 2. The normalized spacial score (nSPS) is 24.0. The van der Waals surface area contributed by atoms with Crippen molar-refractivity contribution in [1.29, 1.82) is 0 Å². The van der Waals surface area contributed by atoms with E-state index in [9.17, 15) is 14.7 Å². The van der Waals surface area contributed by atoms with Gasteiger partial charge in [0.1, 0.15) is 12.7 Å². The molecule has 1 aliphatic heterocycles. The first kappa shape index (κ1) is 18.6. The topological polar surface area (TPSA) is 82.1 Å². The maximum Gasteiger partial charge on any atom is 0.338 e. The van der Waals surface area contributed by atoms with Gasteiger partial charge in [-0.25, -0.2) is 9.59 Å². The summed E-state index contributed by atoms with van der Waals surface area (Å²) in [6.07, 6.45) is 3.35. The Morgan fingerprint density at radius 1 is 1.07 bits per heavy atom. The van der Waals surface area contributed by atoms with E-state index >= 15 is 0 Å². The third-order valence-corrected chi connectivity index (χ3v) is 4.21. The van der Waals surface area contributed by atoms with E-state index in [0.29, 0.717) is 11.1 Å². The van der Waals surface area contributed by atoms with Gasteiger partial charge < -0.3 is 19.3 Å². The van der Waals surface area contributed by atoms with E-state index in [0.717, 1.165) is 0 Å². The van der Waals surface area contributed by atoms with Crippen molar-refractivity contribution in [2.75, 3.05) is 13.2 Å². The molecule has 27 heavy (non-hydrogen) atoms. The lowest BCUT2D eigenvalue weighted by Gasteiger charge is -2.25. The number of carbonyl (C=O) groups is 2. The fourth-order valence-corrected chi connectivity index (χ4v) is 2.72. The first-order valence-corrected chi connectivity index (χ1v) is 8.33. The van der Waals surface area contributed by atoms with Crippen LogP contribution >= 0.6 is 0 Å². The quantitative estimate of drug-likeness (QED) is 0.642. The van der Waals surface area contributed by atoms with Crippen LogP contribution in [0.3, 0.4) is 0 Å². The van der Waals surface area contributed by atoms with Crippen LogP contribution in [0, 0.1) is 12.3 Å². The molecule has 0 bridgehead atoms. The van der Waals surface area contributed by atoms with Crippen molar-refractivity contribution in [2.45, 2.75) is 17.8 Å². The molecule has 1 aliphatic rings. The highest BCUT2D eigenvalue weighted by molar-refractivity contribution is 5.90. The van der Waals surface area contributed by atoms with Crippen molar-refractivity contribution in [3.63, 3.8) is 0 Å². The van der Waals surface area contributed by atoms with Crippen molar-refractivity contribution in [3.05, 3.63) is 71.8 Å². The Morgan fingerprint density at radius 3 is 2.19 bits per heavy atom. The molecule has 0 saturated carbocycles. The van der Waals surface area contributed by atoms with E-state index in [1.807, 2.05) is 0 Å². The Labute approximate surface area is 156 Å². The Bertz CT molecular complexity index is 842. The molecule has 0 amide bonds. The van der Waals surface area contributed by atoms with Crippen LogP contribution in [0.4, 0.5) is 0 Å². The number of benzene rings is 2. The smallest absolute Gasteiger partial charge is 0.338 e. The molecule has 3 rings (SSSR count). The number of terminal acetylenes is 1. The van der Waals surface area contributed by atoms with Gasteiger partial charge in [0.2, 0.25) is 0 Å². The minimum Gasteiger partial charge on any atom is -0.459 e. The van der Waals surface area contributed by atoms with E-state index < -0.39 is 29.7 Å². The maximum absolute atomic E-state index is 12.3. The van der Waals surface area contributed by atoms with Gasteiger partial charge in [-0.3, -0.25) is 0 Å². The summed E-state index contributed by atoms with van der Waals surface area (Å²) >= 11 is 0. The second-order valence-corrected chi connectivity index (χ2v) is 6.07. The molecule has 6 heteroatoms. The molecular formula is C21H18O6. The molecule has 0 spiro atoms. The van der Waals surface area contributed by atoms with Gasteiger partial charge in [0.25, 0.3) is 0 Å². The number of carbonyl (C=O) groups excluding carboxylic acids is 2. The Hall–Kier alpha value is -3.14. The fraction of sp³-hybridized carbons (Fsp3) is 0.238. The van der Waals surface area contributed by atoms with Crippen LogP contribution in [0.1, 0.15) is 20.7 Å². The molecule has 0 unspecified atom stereocenters. The third-order valence-electron chi connectivity index (χ3n) is 4.21. The van der Waals surface area contributed by atoms with Crippen LogP contribution in [0.15, 0.2) is 60.7 Å². The van der Waals surface area contributed by atoms with E-state index in [4.69, 9.17) is 20.6 Å². The number of hydrogen-bond donors (Lipinski definition) is 1. The van der Waals surface area contributed by atoms with Gasteiger partial charge in [0.05, 0.1) is 17.7 Å². The predicted molar refractivity (Wildman–Crippen MR) is 95.9 cm³/mol. The lowest BCUT2D eigenvalue weighted by atomic mass is 9.97. The van der Waals surface area contributed by atoms with Crippen molar-refractivity contribution in [2.24, 2.45) is 0 Å². The van der Waals surface area contributed by atoms with Crippen LogP contribution in [0.2, 0.25) is 0 Å². The molecule has 138 valence electrons. The van der Waals surface area contributed by atoms with Gasteiger partial charge in [-0.05, 0) is 24.3 Å². The number of ether oxygens (including phenoxy) is 3. The second-order valence-electron chi connectivity index (χ2n) is 6.07. The van der Waals surface area contributed by atoms with Crippen molar-refractivity contribution >= 4 is 11.9 Å². The fourth-order valence-electron chi connectivity index (χ4n) is 2.72. The van der Waals surface area contributed by atoms with E-state index in [1.165, 1.54) is 0 Å². The summed E-state index contributed by atoms with van der Waals surface area (Å²) in [7, 11) is 0. The van der Waals surface area contributed by atoms with E-state index in [1.54, 1.807) is 60.7 Å². The molecular weight excluding hydrogens is 348 g/mol. The highest BCUT2D eigenvalue weighted by Gasteiger charge is 2.51. The zero-order chi connectivity index (χ0) is 19.3. The summed E-state index contributed by atoms with van der Waals surface area (Å²) in [4.78, 5) is 24.4. The average Bonchev–Trinajstić information content (AvgIpc) is 3.03. The van der Waals surface area contributed by atoms with Crippen LogP contribution < -0.4 is 0 Å². The lowest BCUT2D eigenvalue weighted by molar-refractivity contribution is -0.0508. The number of aliphatic hydroxyl groups is 1. The minimum absolute atomic E-state index is 0.218. The third kappa shape index (κ3) is 4.17. The predicted octanol–water partition coefficient (Wildman–Crippen LogP) is 1.83. The summed E-state index contributed by atoms with van der Waals surface area (Å²) in [6, 6.07) is 16.7. The van der Waals surface area contributed by atoms with Gasteiger partial charge >= 0.3 is 11.9 Å². The SMILES string of the molecule is C#C[C@]1(O)CO[C@H](COC(=O)c2ccccc2)[C@H]1OC(=O)c1ccccc1. The second kappa shape index (κ2) is 8.04.